The predicted octanol–water partition coefficient (Wildman–Crippen LogP) is 3.78. The average Bonchev–Trinajstić information content (AvgIpc) is 2.32. The predicted molar refractivity (Wildman–Crippen MR) is 69.8 cm³/mol. The molecule has 0 heterocycles. The maximum absolute atomic E-state index is 11.1. The minimum Gasteiger partial charge on any atom is -0.457 e. The maximum Gasteiger partial charge on any atom is 0.303 e. The van der Waals surface area contributed by atoms with Gasteiger partial charge in [0, 0.05) is 16.7 Å². The molecule has 0 saturated carbocycles. The monoisotopic (exact) mass is 248 g/mol. The van der Waals surface area contributed by atoms with E-state index in [1.807, 2.05) is 18.2 Å². The summed E-state index contributed by atoms with van der Waals surface area (Å²) in [6, 6.07) is 10.2. The van der Waals surface area contributed by atoms with Gasteiger partial charge in [-0.15, -0.1) is 0 Å². The summed E-state index contributed by atoms with van der Waals surface area (Å²) in [6.07, 6.45) is 5.25. The molecule has 1 atom stereocenters. The molecule has 0 aromatic heterocycles. The second-order valence-electron chi connectivity index (χ2n) is 4.05. The molecule has 0 saturated heterocycles. The van der Waals surface area contributed by atoms with E-state index in [0.29, 0.717) is 0 Å². The van der Waals surface area contributed by atoms with Crippen molar-refractivity contribution in [1.82, 2.24) is 0 Å². The fourth-order valence-electron chi connectivity index (χ4n) is 1.87. The molecule has 1 unspecified atom stereocenters. The van der Waals surface area contributed by atoms with Crippen LogP contribution in [0.3, 0.4) is 0 Å². The third-order valence-electron chi connectivity index (χ3n) is 2.62. The number of thioether (sulfide) groups is 1. The molecule has 0 bridgehead atoms. The van der Waals surface area contributed by atoms with Gasteiger partial charge in [-0.2, -0.15) is 0 Å². The number of ether oxygens (including phenoxy) is 1. The van der Waals surface area contributed by atoms with Crippen LogP contribution in [0.5, 0.6) is 0 Å². The number of rotatable bonds is 3. The zero-order chi connectivity index (χ0) is 12.1. The van der Waals surface area contributed by atoms with Crippen LogP contribution < -0.4 is 0 Å². The number of allylic oxidation sites excluding steroid dienone is 1. The normalized spacial score (nSPS) is 19.6. The van der Waals surface area contributed by atoms with Crippen LogP contribution in [-0.2, 0) is 9.53 Å². The molecule has 0 spiro atoms. The first-order chi connectivity index (χ1) is 8.25. The van der Waals surface area contributed by atoms with Crippen molar-refractivity contribution in [3.05, 3.63) is 41.3 Å². The van der Waals surface area contributed by atoms with Crippen molar-refractivity contribution in [2.75, 3.05) is 0 Å². The van der Waals surface area contributed by atoms with Gasteiger partial charge in [0.1, 0.15) is 6.10 Å². The van der Waals surface area contributed by atoms with Gasteiger partial charge in [-0.3, -0.25) is 4.79 Å². The summed E-state index contributed by atoms with van der Waals surface area (Å²) < 4.78 is 5.35. The van der Waals surface area contributed by atoms with E-state index in [1.165, 1.54) is 11.8 Å². The van der Waals surface area contributed by atoms with Crippen LogP contribution in [0.1, 0.15) is 26.2 Å². The van der Waals surface area contributed by atoms with E-state index in [1.54, 1.807) is 11.8 Å². The van der Waals surface area contributed by atoms with Gasteiger partial charge in [0.15, 0.2) is 0 Å². The second-order valence-corrected chi connectivity index (χ2v) is 5.20. The summed E-state index contributed by atoms with van der Waals surface area (Å²) in [5.74, 6) is -0.198. The Balaban J connectivity index is 2.07. The van der Waals surface area contributed by atoms with E-state index >= 15 is 0 Å². The Morgan fingerprint density at radius 2 is 2.12 bits per heavy atom. The van der Waals surface area contributed by atoms with Gasteiger partial charge in [0.2, 0.25) is 0 Å². The van der Waals surface area contributed by atoms with Gasteiger partial charge in [0.25, 0.3) is 0 Å². The topological polar surface area (TPSA) is 26.3 Å². The second kappa shape index (κ2) is 5.92. The minimum absolute atomic E-state index is 0.0496. The van der Waals surface area contributed by atoms with Crippen LogP contribution in [-0.4, -0.2) is 12.1 Å². The number of benzene rings is 1. The Morgan fingerprint density at radius 1 is 1.35 bits per heavy atom. The first-order valence-corrected chi connectivity index (χ1v) is 6.67. The zero-order valence-corrected chi connectivity index (χ0v) is 10.7. The minimum atomic E-state index is -0.198. The number of hydrogen-bond acceptors (Lipinski definition) is 3. The molecule has 0 aliphatic heterocycles. The first-order valence-electron chi connectivity index (χ1n) is 5.86. The molecule has 0 amide bonds. The molecule has 90 valence electrons. The van der Waals surface area contributed by atoms with Crippen molar-refractivity contribution in [2.45, 2.75) is 37.2 Å². The number of hydrogen-bond donors (Lipinski definition) is 0. The quantitative estimate of drug-likeness (QED) is 0.761. The van der Waals surface area contributed by atoms with Gasteiger partial charge in [0.05, 0.1) is 0 Å². The van der Waals surface area contributed by atoms with E-state index in [-0.39, 0.29) is 12.1 Å². The van der Waals surface area contributed by atoms with Crippen LogP contribution >= 0.6 is 11.8 Å². The van der Waals surface area contributed by atoms with E-state index in [0.717, 1.165) is 24.2 Å². The highest BCUT2D eigenvalue weighted by atomic mass is 32.2. The molecule has 1 aliphatic rings. The smallest absolute Gasteiger partial charge is 0.303 e. The SMILES string of the molecule is CC(=O)OC1CCCC=C1Sc1ccccc1. The molecular weight excluding hydrogens is 232 g/mol. The third kappa shape index (κ3) is 3.63. The Morgan fingerprint density at radius 3 is 2.82 bits per heavy atom. The van der Waals surface area contributed by atoms with Crippen molar-refractivity contribution in [3.63, 3.8) is 0 Å². The molecule has 1 aromatic carbocycles. The Labute approximate surface area is 106 Å². The van der Waals surface area contributed by atoms with Crippen LogP contribution in [0.25, 0.3) is 0 Å². The molecule has 1 aromatic rings. The highest BCUT2D eigenvalue weighted by Crippen LogP contribution is 2.35. The average molecular weight is 248 g/mol. The summed E-state index contributed by atoms with van der Waals surface area (Å²) in [4.78, 5) is 13.4. The Kier molecular flexibility index (Phi) is 4.26. The molecule has 0 N–H and O–H groups in total. The lowest BCUT2D eigenvalue weighted by Crippen LogP contribution is -2.19. The molecule has 2 nitrogen and oxygen atoms in total. The van der Waals surface area contributed by atoms with Crippen molar-refractivity contribution in [3.8, 4) is 0 Å². The molecule has 2 rings (SSSR count). The van der Waals surface area contributed by atoms with Crippen molar-refractivity contribution < 1.29 is 9.53 Å². The Hall–Kier alpha value is -1.22. The first kappa shape index (κ1) is 12.2. The highest BCUT2D eigenvalue weighted by molar-refractivity contribution is 8.03. The van der Waals surface area contributed by atoms with Crippen molar-refractivity contribution >= 4 is 17.7 Å². The van der Waals surface area contributed by atoms with Gasteiger partial charge in [-0.1, -0.05) is 36.0 Å². The molecule has 1 aliphatic carbocycles. The third-order valence-corrected chi connectivity index (χ3v) is 3.79. The largest absolute Gasteiger partial charge is 0.457 e. The lowest BCUT2D eigenvalue weighted by atomic mass is 10.1. The lowest BCUT2D eigenvalue weighted by molar-refractivity contribution is -0.144. The van der Waals surface area contributed by atoms with Crippen LogP contribution in [0.4, 0.5) is 0 Å². The van der Waals surface area contributed by atoms with Gasteiger partial charge in [-0.05, 0) is 31.4 Å². The van der Waals surface area contributed by atoms with E-state index < -0.39 is 0 Å². The van der Waals surface area contributed by atoms with Crippen molar-refractivity contribution in [1.29, 1.82) is 0 Å². The summed E-state index contributed by atoms with van der Waals surface area (Å²) in [5.41, 5.74) is 0. The maximum atomic E-state index is 11.1. The lowest BCUT2D eigenvalue weighted by Gasteiger charge is -2.23. The number of carbonyl (C=O) groups is 1. The summed E-state index contributed by atoms with van der Waals surface area (Å²) in [5, 5.41) is 0. The van der Waals surface area contributed by atoms with Gasteiger partial charge in [-0.25, -0.2) is 0 Å². The summed E-state index contributed by atoms with van der Waals surface area (Å²) in [6.45, 7) is 1.47. The van der Waals surface area contributed by atoms with E-state index in [2.05, 4.69) is 18.2 Å². The summed E-state index contributed by atoms with van der Waals surface area (Å²) >= 11 is 1.70. The Bertz CT molecular complexity index is 411. The molecule has 3 heteroatoms. The fourth-order valence-corrected chi connectivity index (χ4v) is 2.93. The van der Waals surface area contributed by atoms with Crippen molar-refractivity contribution in [2.24, 2.45) is 0 Å². The molecule has 0 fully saturated rings. The molecular formula is C14H16O2S. The van der Waals surface area contributed by atoms with Gasteiger partial charge < -0.3 is 4.74 Å². The standard InChI is InChI=1S/C14H16O2S/c1-11(15)16-13-9-5-6-10-14(13)17-12-7-3-2-4-8-12/h2-4,7-8,10,13H,5-6,9H2,1H3. The zero-order valence-electron chi connectivity index (χ0n) is 9.89. The summed E-state index contributed by atoms with van der Waals surface area (Å²) in [7, 11) is 0. The number of esters is 1. The van der Waals surface area contributed by atoms with Crippen LogP contribution in [0.15, 0.2) is 46.2 Å². The fraction of sp³-hybridized carbons (Fsp3) is 0.357. The highest BCUT2D eigenvalue weighted by Gasteiger charge is 2.21. The van der Waals surface area contributed by atoms with E-state index in [4.69, 9.17) is 4.74 Å². The van der Waals surface area contributed by atoms with Crippen LogP contribution in [0, 0.1) is 0 Å². The molecule has 17 heavy (non-hydrogen) atoms. The van der Waals surface area contributed by atoms with E-state index in [9.17, 15) is 4.79 Å². The van der Waals surface area contributed by atoms with Gasteiger partial charge >= 0.3 is 5.97 Å². The molecule has 0 radical (unpaired) electrons. The number of carbonyl (C=O) groups excluding carboxylic acids is 1. The van der Waals surface area contributed by atoms with Crippen LogP contribution in [0.2, 0.25) is 0 Å².